The summed E-state index contributed by atoms with van der Waals surface area (Å²) in [5.74, 6) is 0. The van der Waals surface area contributed by atoms with Crippen molar-refractivity contribution in [2.24, 2.45) is 0 Å². The topological polar surface area (TPSA) is 73.4 Å². The minimum Gasteiger partial charge on any atom is -0.390 e. The van der Waals surface area contributed by atoms with Crippen molar-refractivity contribution < 1.29 is 13.5 Å². The van der Waals surface area contributed by atoms with Crippen LogP contribution in [0.5, 0.6) is 0 Å². The SMILES string of the molecule is C=CCN(CC)S(=O)(=O)c1c[nH]c(CO)c1. The van der Waals surface area contributed by atoms with E-state index in [0.717, 1.165) is 0 Å². The molecule has 1 rings (SSSR count). The highest BCUT2D eigenvalue weighted by Crippen LogP contribution is 2.16. The zero-order chi connectivity index (χ0) is 12.2. The standard InChI is InChI=1S/C10H16N2O3S/c1-3-5-12(4-2)16(14,15)10-6-9(8-13)11-7-10/h3,6-7,11,13H,1,4-5,8H2,2H3. The van der Waals surface area contributed by atoms with Crippen LogP contribution < -0.4 is 0 Å². The van der Waals surface area contributed by atoms with E-state index in [1.165, 1.54) is 16.6 Å². The van der Waals surface area contributed by atoms with Crippen molar-refractivity contribution >= 4 is 10.0 Å². The summed E-state index contributed by atoms with van der Waals surface area (Å²) in [5, 5.41) is 8.86. The second kappa shape index (κ2) is 5.29. The average Bonchev–Trinajstić information content (AvgIpc) is 2.74. The van der Waals surface area contributed by atoms with E-state index >= 15 is 0 Å². The Bertz CT molecular complexity index is 450. The number of aromatic nitrogens is 1. The largest absolute Gasteiger partial charge is 0.390 e. The monoisotopic (exact) mass is 244 g/mol. The molecule has 0 unspecified atom stereocenters. The molecular weight excluding hydrogens is 228 g/mol. The minimum absolute atomic E-state index is 0.167. The molecule has 5 nitrogen and oxygen atoms in total. The first-order valence-corrected chi connectivity index (χ1v) is 6.39. The Morgan fingerprint density at radius 1 is 1.62 bits per heavy atom. The van der Waals surface area contributed by atoms with Crippen LogP contribution >= 0.6 is 0 Å². The first kappa shape index (κ1) is 13.0. The van der Waals surface area contributed by atoms with Crippen LogP contribution in [0.4, 0.5) is 0 Å². The van der Waals surface area contributed by atoms with Crippen LogP contribution in [0.3, 0.4) is 0 Å². The van der Waals surface area contributed by atoms with Gasteiger partial charge in [-0.05, 0) is 6.07 Å². The van der Waals surface area contributed by atoms with Gasteiger partial charge in [-0.2, -0.15) is 4.31 Å². The molecule has 2 N–H and O–H groups in total. The number of hydrogen-bond acceptors (Lipinski definition) is 3. The van der Waals surface area contributed by atoms with Crippen molar-refractivity contribution in [3.8, 4) is 0 Å². The summed E-state index contributed by atoms with van der Waals surface area (Å²) < 4.78 is 25.4. The van der Waals surface area contributed by atoms with Crippen molar-refractivity contribution in [1.82, 2.24) is 9.29 Å². The van der Waals surface area contributed by atoms with Gasteiger partial charge in [0.2, 0.25) is 10.0 Å². The normalized spacial score (nSPS) is 11.9. The van der Waals surface area contributed by atoms with E-state index in [-0.39, 0.29) is 18.0 Å². The minimum atomic E-state index is -3.48. The Labute approximate surface area is 95.5 Å². The van der Waals surface area contributed by atoms with E-state index in [2.05, 4.69) is 11.6 Å². The molecule has 0 bridgehead atoms. The predicted octanol–water partition coefficient (Wildman–Crippen LogP) is 0.704. The maximum Gasteiger partial charge on any atom is 0.244 e. The molecule has 0 atom stereocenters. The number of hydrogen-bond donors (Lipinski definition) is 2. The molecule has 0 fully saturated rings. The number of aliphatic hydroxyl groups excluding tert-OH is 1. The maximum atomic E-state index is 12.1. The smallest absolute Gasteiger partial charge is 0.244 e. The quantitative estimate of drug-likeness (QED) is 0.724. The fraction of sp³-hybridized carbons (Fsp3) is 0.400. The van der Waals surface area contributed by atoms with Crippen molar-refractivity contribution in [2.75, 3.05) is 13.1 Å². The summed E-state index contributed by atoms with van der Waals surface area (Å²) in [6, 6.07) is 1.43. The average molecular weight is 244 g/mol. The molecule has 0 saturated heterocycles. The Balaban J connectivity index is 3.04. The lowest BCUT2D eigenvalue weighted by molar-refractivity contribution is 0.277. The van der Waals surface area contributed by atoms with E-state index < -0.39 is 10.0 Å². The molecule has 1 heterocycles. The number of nitrogens with one attached hydrogen (secondary N) is 1. The molecule has 0 aliphatic carbocycles. The van der Waals surface area contributed by atoms with Crippen molar-refractivity contribution in [2.45, 2.75) is 18.4 Å². The van der Waals surface area contributed by atoms with Gasteiger partial charge in [0.25, 0.3) is 0 Å². The molecular formula is C10H16N2O3S. The van der Waals surface area contributed by atoms with Crippen LogP contribution in [0.1, 0.15) is 12.6 Å². The second-order valence-corrected chi connectivity index (χ2v) is 5.20. The molecule has 0 aliphatic heterocycles. The molecule has 0 aromatic carbocycles. The highest BCUT2D eigenvalue weighted by Gasteiger charge is 2.22. The number of aromatic amines is 1. The summed E-state index contributed by atoms with van der Waals surface area (Å²) >= 11 is 0. The zero-order valence-corrected chi connectivity index (χ0v) is 10.00. The van der Waals surface area contributed by atoms with Gasteiger partial charge in [-0.25, -0.2) is 8.42 Å². The van der Waals surface area contributed by atoms with E-state index in [0.29, 0.717) is 12.2 Å². The molecule has 0 spiro atoms. The first-order valence-electron chi connectivity index (χ1n) is 4.95. The van der Waals surface area contributed by atoms with Gasteiger partial charge in [0.05, 0.1) is 11.5 Å². The third-order valence-corrected chi connectivity index (χ3v) is 4.13. The summed E-state index contributed by atoms with van der Waals surface area (Å²) in [6.45, 7) is 5.74. The van der Waals surface area contributed by atoms with E-state index in [9.17, 15) is 8.42 Å². The molecule has 6 heteroatoms. The predicted molar refractivity (Wildman–Crippen MR) is 61.3 cm³/mol. The van der Waals surface area contributed by atoms with Gasteiger partial charge in [-0.3, -0.25) is 0 Å². The van der Waals surface area contributed by atoms with Crippen LogP contribution in [-0.4, -0.2) is 35.9 Å². The Morgan fingerprint density at radius 2 is 2.31 bits per heavy atom. The van der Waals surface area contributed by atoms with Gasteiger partial charge in [-0.15, -0.1) is 6.58 Å². The molecule has 16 heavy (non-hydrogen) atoms. The molecule has 0 radical (unpaired) electrons. The van der Waals surface area contributed by atoms with Crippen LogP contribution in [0.2, 0.25) is 0 Å². The van der Waals surface area contributed by atoms with E-state index in [1.807, 2.05) is 0 Å². The fourth-order valence-electron chi connectivity index (χ4n) is 1.35. The maximum absolute atomic E-state index is 12.1. The fourth-order valence-corrected chi connectivity index (χ4v) is 2.79. The molecule has 0 amide bonds. The van der Waals surface area contributed by atoms with Crippen LogP contribution in [0.25, 0.3) is 0 Å². The van der Waals surface area contributed by atoms with Crippen molar-refractivity contribution in [3.05, 3.63) is 30.6 Å². The summed E-state index contributed by atoms with van der Waals surface area (Å²) in [6.07, 6.45) is 2.92. The van der Waals surface area contributed by atoms with Gasteiger partial charge >= 0.3 is 0 Å². The third kappa shape index (κ3) is 2.52. The molecule has 90 valence electrons. The highest BCUT2D eigenvalue weighted by atomic mass is 32.2. The van der Waals surface area contributed by atoms with E-state index in [4.69, 9.17) is 5.11 Å². The van der Waals surface area contributed by atoms with E-state index in [1.54, 1.807) is 13.0 Å². The molecule has 1 aromatic heterocycles. The van der Waals surface area contributed by atoms with Crippen LogP contribution in [-0.2, 0) is 16.6 Å². The number of sulfonamides is 1. The van der Waals surface area contributed by atoms with Gasteiger partial charge < -0.3 is 10.1 Å². The summed E-state index contributed by atoms with van der Waals surface area (Å²) in [7, 11) is -3.48. The first-order chi connectivity index (χ1) is 7.56. The summed E-state index contributed by atoms with van der Waals surface area (Å²) in [4.78, 5) is 2.87. The second-order valence-electron chi connectivity index (χ2n) is 3.26. The van der Waals surface area contributed by atoms with Gasteiger partial charge in [0.1, 0.15) is 0 Å². The van der Waals surface area contributed by atoms with Gasteiger partial charge in [0.15, 0.2) is 0 Å². The highest BCUT2D eigenvalue weighted by molar-refractivity contribution is 7.89. The lowest BCUT2D eigenvalue weighted by Crippen LogP contribution is -2.30. The number of aliphatic hydroxyl groups is 1. The van der Waals surface area contributed by atoms with Crippen molar-refractivity contribution in [1.29, 1.82) is 0 Å². The Kier molecular flexibility index (Phi) is 4.28. The zero-order valence-electron chi connectivity index (χ0n) is 9.18. The third-order valence-electron chi connectivity index (χ3n) is 2.21. The lowest BCUT2D eigenvalue weighted by atomic mass is 10.5. The number of likely N-dealkylation sites (N-methyl/N-ethyl adjacent to an activating group) is 1. The van der Waals surface area contributed by atoms with Crippen molar-refractivity contribution in [3.63, 3.8) is 0 Å². The van der Waals surface area contributed by atoms with Gasteiger partial charge in [-0.1, -0.05) is 13.0 Å². The Morgan fingerprint density at radius 3 is 2.75 bits per heavy atom. The molecule has 1 aromatic rings. The number of H-pyrrole nitrogens is 1. The molecule has 0 saturated carbocycles. The Hall–Kier alpha value is -1.11. The number of rotatable bonds is 6. The number of nitrogens with zero attached hydrogens (tertiary/aromatic N) is 1. The van der Waals surface area contributed by atoms with Crippen LogP contribution in [0, 0.1) is 0 Å². The van der Waals surface area contributed by atoms with Crippen LogP contribution in [0.15, 0.2) is 29.8 Å². The molecule has 0 aliphatic rings. The summed E-state index contributed by atoms with van der Waals surface area (Å²) in [5.41, 5.74) is 0.480. The lowest BCUT2D eigenvalue weighted by Gasteiger charge is -2.17. The van der Waals surface area contributed by atoms with Gasteiger partial charge in [0, 0.05) is 25.0 Å².